The molecule has 0 bridgehead atoms. The Balaban J connectivity index is 1.42. The number of hydrogen-bond acceptors (Lipinski definition) is 4. The van der Waals surface area contributed by atoms with Crippen molar-refractivity contribution < 1.29 is 8.42 Å². The maximum absolute atomic E-state index is 13.0. The summed E-state index contributed by atoms with van der Waals surface area (Å²) in [7, 11) is -3.29. The van der Waals surface area contributed by atoms with E-state index in [1.54, 1.807) is 0 Å². The van der Waals surface area contributed by atoms with Crippen LogP contribution in [-0.2, 0) is 9.84 Å². The summed E-state index contributed by atoms with van der Waals surface area (Å²) >= 11 is 12.3. The molecule has 0 spiro atoms. The highest BCUT2D eigenvalue weighted by atomic mass is 35.5. The van der Waals surface area contributed by atoms with Gasteiger partial charge in [0.1, 0.15) is 0 Å². The molecule has 2 saturated heterocycles. The van der Waals surface area contributed by atoms with Gasteiger partial charge in [0.2, 0.25) is 0 Å². The van der Waals surface area contributed by atoms with E-state index in [9.17, 15) is 8.42 Å². The van der Waals surface area contributed by atoms with Crippen LogP contribution in [0.3, 0.4) is 0 Å². The fourth-order valence-electron chi connectivity index (χ4n) is 5.60. The first-order valence-electron chi connectivity index (χ1n) is 12.1. The van der Waals surface area contributed by atoms with Gasteiger partial charge in [-0.05, 0) is 65.9 Å². The summed E-state index contributed by atoms with van der Waals surface area (Å²) in [6, 6.07) is 24.0. The van der Waals surface area contributed by atoms with Crippen LogP contribution < -0.4 is 4.90 Å². The number of sulfone groups is 1. The summed E-state index contributed by atoms with van der Waals surface area (Å²) in [5, 5.41) is 0.873. The van der Waals surface area contributed by atoms with Crippen LogP contribution in [-0.4, -0.2) is 45.8 Å². The maximum Gasteiger partial charge on any atom is 0.154 e. The molecule has 5 rings (SSSR count). The minimum Gasteiger partial charge on any atom is -0.372 e. The molecule has 2 fully saturated rings. The van der Waals surface area contributed by atoms with Crippen molar-refractivity contribution in [2.45, 2.75) is 24.1 Å². The van der Waals surface area contributed by atoms with Crippen molar-refractivity contribution in [1.82, 2.24) is 4.90 Å². The molecule has 2 aliphatic heterocycles. The van der Waals surface area contributed by atoms with Crippen LogP contribution in [0.15, 0.2) is 72.8 Å². The van der Waals surface area contributed by atoms with Crippen LogP contribution in [0.25, 0.3) is 0 Å². The number of nitrogens with zero attached hydrogens (tertiary/aromatic N) is 2. The van der Waals surface area contributed by atoms with Crippen molar-refractivity contribution in [3.63, 3.8) is 0 Å². The lowest BCUT2D eigenvalue weighted by Gasteiger charge is -2.47. The van der Waals surface area contributed by atoms with Crippen molar-refractivity contribution >= 4 is 38.7 Å². The quantitative estimate of drug-likeness (QED) is 0.355. The molecule has 184 valence electrons. The van der Waals surface area contributed by atoms with Gasteiger partial charge in [0.15, 0.2) is 9.84 Å². The second-order valence-electron chi connectivity index (χ2n) is 9.76. The van der Waals surface area contributed by atoms with Crippen molar-refractivity contribution in [1.29, 1.82) is 0 Å². The average Bonchev–Trinajstić information content (AvgIpc) is 3.34. The summed E-state index contributed by atoms with van der Waals surface area (Å²) in [6.07, 6.45) is 3.75. The Morgan fingerprint density at radius 3 is 1.86 bits per heavy atom. The van der Waals surface area contributed by atoms with Crippen LogP contribution in [0.1, 0.15) is 40.8 Å². The van der Waals surface area contributed by atoms with Crippen LogP contribution in [0.2, 0.25) is 10.0 Å². The molecule has 0 saturated carbocycles. The number of hydrogen-bond donors (Lipinski definition) is 0. The molecule has 0 amide bonds. The number of anilines is 1. The normalized spacial score (nSPS) is 18.1. The second kappa shape index (κ2) is 10.1. The van der Waals surface area contributed by atoms with Crippen molar-refractivity contribution in [2.75, 3.05) is 37.3 Å². The Bertz CT molecular complexity index is 1220. The molecule has 1 atom stereocenters. The molecular weight excluding hydrogens is 499 g/mol. The van der Waals surface area contributed by atoms with E-state index < -0.39 is 15.1 Å². The van der Waals surface area contributed by atoms with Gasteiger partial charge in [0, 0.05) is 54.1 Å². The summed E-state index contributed by atoms with van der Waals surface area (Å²) in [6.45, 7) is 3.46. The second-order valence-corrected chi connectivity index (χ2v) is 12.8. The first-order chi connectivity index (χ1) is 16.8. The number of rotatable bonds is 7. The molecule has 2 aliphatic rings. The first-order valence-corrected chi connectivity index (χ1v) is 14.8. The van der Waals surface area contributed by atoms with E-state index in [1.165, 1.54) is 19.1 Å². The van der Waals surface area contributed by atoms with Gasteiger partial charge in [0.05, 0.1) is 11.3 Å². The number of halogens is 2. The Hall–Kier alpha value is -2.05. The molecule has 0 unspecified atom stereocenters. The third-order valence-corrected chi connectivity index (χ3v) is 9.32. The van der Waals surface area contributed by atoms with E-state index in [1.807, 2.05) is 60.7 Å². The Kier molecular flexibility index (Phi) is 7.13. The van der Waals surface area contributed by atoms with Gasteiger partial charge in [-0.3, -0.25) is 4.90 Å². The third-order valence-electron chi connectivity index (χ3n) is 7.23. The van der Waals surface area contributed by atoms with Crippen LogP contribution in [0.5, 0.6) is 0 Å². The van der Waals surface area contributed by atoms with Gasteiger partial charge in [-0.25, -0.2) is 8.42 Å². The van der Waals surface area contributed by atoms with Crippen LogP contribution >= 0.6 is 23.2 Å². The summed E-state index contributed by atoms with van der Waals surface area (Å²) in [4.78, 5) is 4.70. The SMILES string of the molecule is CS(=O)(=O)[C@@H](c1cccc(N2CCCC2)c1)C1CN(C(c2ccc(Cl)cc2)c2ccc(Cl)cc2)C1. The van der Waals surface area contributed by atoms with Gasteiger partial charge in [-0.1, -0.05) is 59.6 Å². The number of benzene rings is 3. The van der Waals surface area contributed by atoms with Crippen molar-refractivity contribution in [2.24, 2.45) is 5.92 Å². The summed E-state index contributed by atoms with van der Waals surface area (Å²) < 4.78 is 26.1. The zero-order valence-corrected chi connectivity index (χ0v) is 22.1. The fourth-order valence-corrected chi connectivity index (χ4v) is 7.36. The molecule has 0 aromatic heterocycles. The van der Waals surface area contributed by atoms with Crippen LogP contribution in [0.4, 0.5) is 5.69 Å². The summed E-state index contributed by atoms with van der Waals surface area (Å²) in [5.74, 6) is 0.0286. The lowest BCUT2D eigenvalue weighted by molar-refractivity contribution is 0.0655. The van der Waals surface area contributed by atoms with Gasteiger partial charge in [-0.15, -0.1) is 0 Å². The molecule has 7 heteroatoms. The zero-order chi connectivity index (χ0) is 24.6. The molecule has 0 aliphatic carbocycles. The molecule has 4 nitrogen and oxygen atoms in total. The fraction of sp³-hybridized carbons (Fsp3) is 0.357. The molecule has 0 radical (unpaired) electrons. The Morgan fingerprint density at radius 2 is 1.34 bits per heavy atom. The van der Waals surface area contributed by atoms with Crippen molar-refractivity contribution in [3.05, 3.63) is 99.5 Å². The third kappa shape index (κ3) is 5.39. The Labute approximate surface area is 218 Å². The predicted molar refractivity (Wildman–Crippen MR) is 145 cm³/mol. The molecular formula is C28H30Cl2N2O2S. The largest absolute Gasteiger partial charge is 0.372 e. The van der Waals surface area contributed by atoms with Crippen LogP contribution in [0, 0.1) is 5.92 Å². The first kappa shape index (κ1) is 24.6. The van der Waals surface area contributed by atoms with Gasteiger partial charge in [0.25, 0.3) is 0 Å². The highest BCUT2D eigenvalue weighted by Gasteiger charge is 2.43. The van der Waals surface area contributed by atoms with E-state index in [4.69, 9.17) is 23.2 Å². The predicted octanol–water partition coefficient (Wildman–Crippen LogP) is 6.40. The smallest absolute Gasteiger partial charge is 0.154 e. The van der Waals surface area contributed by atoms with E-state index in [2.05, 4.69) is 21.9 Å². The molecule has 3 aromatic rings. The monoisotopic (exact) mass is 528 g/mol. The van der Waals surface area contributed by atoms with Gasteiger partial charge in [-0.2, -0.15) is 0 Å². The summed E-state index contributed by atoms with van der Waals surface area (Å²) in [5.41, 5.74) is 4.28. The lowest BCUT2D eigenvalue weighted by atomic mass is 9.86. The molecule has 2 heterocycles. The topological polar surface area (TPSA) is 40.6 Å². The van der Waals surface area contributed by atoms with Crippen molar-refractivity contribution in [3.8, 4) is 0 Å². The minimum absolute atomic E-state index is 0.0110. The lowest BCUT2D eigenvalue weighted by Crippen LogP contribution is -2.52. The zero-order valence-electron chi connectivity index (χ0n) is 19.8. The molecule has 0 N–H and O–H groups in total. The van der Waals surface area contributed by atoms with Gasteiger partial charge < -0.3 is 4.90 Å². The minimum atomic E-state index is -3.29. The molecule has 3 aromatic carbocycles. The van der Waals surface area contributed by atoms with E-state index >= 15 is 0 Å². The van der Waals surface area contributed by atoms with Gasteiger partial charge >= 0.3 is 0 Å². The average molecular weight is 530 g/mol. The standard InChI is InChI=1S/C28H30Cl2N2O2S/c1-35(33,34)28(22-5-4-6-26(17-22)31-15-2-3-16-31)23-18-32(19-23)27(20-7-11-24(29)12-8-20)21-9-13-25(30)14-10-21/h4-14,17,23,27-28H,2-3,15-16,18-19H2,1H3/t28-/m0/s1. The highest BCUT2D eigenvalue weighted by molar-refractivity contribution is 7.90. The highest BCUT2D eigenvalue weighted by Crippen LogP contribution is 2.42. The maximum atomic E-state index is 13.0. The van der Waals surface area contributed by atoms with E-state index in [0.717, 1.165) is 35.5 Å². The van der Waals surface area contributed by atoms with E-state index in [0.29, 0.717) is 23.1 Å². The Morgan fingerprint density at radius 1 is 0.800 bits per heavy atom. The number of likely N-dealkylation sites (tertiary alicyclic amines) is 1. The van der Waals surface area contributed by atoms with E-state index in [-0.39, 0.29) is 12.0 Å². The molecule has 35 heavy (non-hydrogen) atoms.